The van der Waals surface area contributed by atoms with Crippen molar-refractivity contribution in [1.29, 1.82) is 0 Å². The van der Waals surface area contributed by atoms with Crippen LogP contribution in [-0.4, -0.2) is 12.1 Å². The number of halogens is 1. The standard InChI is InChI=1S/C12H20ClNS/c1-9(8-14-12(2,3)4)7-10-5-6-11(13)15-10/h5-6,9,14H,7-8H2,1-4H3. The third kappa shape index (κ3) is 5.55. The normalized spacial score (nSPS) is 14.2. The van der Waals surface area contributed by atoms with E-state index in [-0.39, 0.29) is 5.54 Å². The van der Waals surface area contributed by atoms with Gasteiger partial charge in [-0.2, -0.15) is 0 Å². The average molecular weight is 246 g/mol. The number of hydrogen-bond acceptors (Lipinski definition) is 2. The Hall–Kier alpha value is -0.0500. The zero-order valence-corrected chi connectivity index (χ0v) is 11.5. The Bertz CT molecular complexity index is 301. The number of hydrogen-bond donors (Lipinski definition) is 1. The first-order valence-corrected chi connectivity index (χ1v) is 6.55. The van der Waals surface area contributed by atoms with Crippen LogP contribution in [0.3, 0.4) is 0 Å². The average Bonchev–Trinajstić information content (AvgIpc) is 2.47. The van der Waals surface area contributed by atoms with Crippen LogP contribution in [-0.2, 0) is 6.42 Å². The van der Waals surface area contributed by atoms with Crippen LogP contribution >= 0.6 is 22.9 Å². The highest BCUT2D eigenvalue weighted by atomic mass is 35.5. The highest BCUT2D eigenvalue weighted by Gasteiger charge is 2.12. The van der Waals surface area contributed by atoms with Crippen LogP contribution in [0.5, 0.6) is 0 Å². The van der Waals surface area contributed by atoms with Crippen molar-refractivity contribution >= 4 is 22.9 Å². The molecule has 0 aliphatic heterocycles. The molecule has 3 heteroatoms. The van der Waals surface area contributed by atoms with Crippen molar-refractivity contribution in [2.75, 3.05) is 6.54 Å². The monoisotopic (exact) mass is 245 g/mol. The fourth-order valence-corrected chi connectivity index (χ4v) is 2.61. The van der Waals surface area contributed by atoms with E-state index in [9.17, 15) is 0 Å². The molecule has 0 radical (unpaired) electrons. The molecular formula is C12H20ClNS. The van der Waals surface area contributed by atoms with Gasteiger partial charge in [0.05, 0.1) is 4.34 Å². The highest BCUT2D eigenvalue weighted by Crippen LogP contribution is 2.23. The molecular weight excluding hydrogens is 226 g/mol. The molecule has 1 rings (SSSR count). The molecule has 0 aromatic carbocycles. The number of rotatable bonds is 4. The third-order valence-corrected chi connectivity index (χ3v) is 3.41. The van der Waals surface area contributed by atoms with Crippen LogP contribution in [0.2, 0.25) is 4.34 Å². The van der Waals surface area contributed by atoms with Crippen molar-refractivity contribution in [2.24, 2.45) is 5.92 Å². The van der Waals surface area contributed by atoms with Crippen LogP contribution in [0.4, 0.5) is 0 Å². The predicted molar refractivity (Wildman–Crippen MR) is 70.0 cm³/mol. The van der Waals surface area contributed by atoms with Gasteiger partial charge >= 0.3 is 0 Å². The summed E-state index contributed by atoms with van der Waals surface area (Å²) in [5, 5.41) is 3.52. The van der Waals surface area contributed by atoms with Crippen LogP contribution < -0.4 is 5.32 Å². The molecule has 0 aliphatic rings. The van der Waals surface area contributed by atoms with Gasteiger partial charge in [0.1, 0.15) is 0 Å². The summed E-state index contributed by atoms with van der Waals surface area (Å²) >= 11 is 7.58. The minimum atomic E-state index is 0.210. The summed E-state index contributed by atoms with van der Waals surface area (Å²) in [6, 6.07) is 4.10. The van der Waals surface area contributed by atoms with Gasteiger partial charge in [-0.1, -0.05) is 18.5 Å². The second-order valence-electron chi connectivity index (χ2n) is 5.15. The predicted octanol–water partition coefficient (Wildman–Crippen LogP) is 3.97. The van der Waals surface area contributed by atoms with Crippen LogP contribution in [0, 0.1) is 5.92 Å². The molecule has 0 aliphatic carbocycles. The van der Waals surface area contributed by atoms with Gasteiger partial charge in [-0.3, -0.25) is 0 Å². The van der Waals surface area contributed by atoms with Crippen molar-refractivity contribution in [3.8, 4) is 0 Å². The van der Waals surface area contributed by atoms with Gasteiger partial charge in [0.25, 0.3) is 0 Å². The fraction of sp³-hybridized carbons (Fsp3) is 0.667. The van der Waals surface area contributed by atoms with Crippen molar-refractivity contribution in [3.05, 3.63) is 21.3 Å². The lowest BCUT2D eigenvalue weighted by atomic mass is 10.0. The van der Waals surface area contributed by atoms with E-state index in [4.69, 9.17) is 11.6 Å². The Morgan fingerprint density at radius 2 is 2.07 bits per heavy atom. The Kier molecular flexibility index (Phi) is 4.63. The molecule has 1 nitrogen and oxygen atoms in total. The molecule has 1 aromatic rings. The third-order valence-electron chi connectivity index (χ3n) is 2.16. The summed E-state index contributed by atoms with van der Waals surface area (Å²) in [6.45, 7) is 9.91. The molecule has 15 heavy (non-hydrogen) atoms. The molecule has 0 spiro atoms. The van der Waals surface area contributed by atoms with Crippen LogP contribution in [0.15, 0.2) is 12.1 Å². The van der Waals surface area contributed by atoms with Gasteiger partial charge in [0.2, 0.25) is 0 Å². The van der Waals surface area contributed by atoms with E-state index in [1.807, 2.05) is 6.07 Å². The Balaban J connectivity index is 2.33. The lowest BCUT2D eigenvalue weighted by Gasteiger charge is -2.23. The van der Waals surface area contributed by atoms with E-state index in [1.165, 1.54) is 4.88 Å². The van der Waals surface area contributed by atoms with Crippen molar-refractivity contribution in [1.82, 2.24) is 5.32 Å². The summed E-state index contributed by atoms with van der Waals surface area (Å²) in [5.74, 6) is 0.652. The van der Waals surface area contributed by atoms with Gasteiger partial charge in [0, 0.05) is 10.4 Å². The maximum absolute atomic E-state index is 5.90. The molecule has 1 aromatic heterocycles. The smallest absolute Gasteiger partial charge is 0.0931 e. The van der Waals surface area contributed by atoms with Crippen molar-refractivity contribution in [2.45, 2.75) is 39.7 Å². The number of thiophene rings is 1. The largest absolute Gasteiger partial charge is 0.312 e. The van der Waals surface area contributed by atoms with Gasteiger partial charge in [-0.15, -0.1) is 11.3 Å². The zero-order valence-electron chi connectivity index (χ0n) is 9.93. The SMILES string of the molecule is CC(CNC(C)(C)C)Cc1ccc(Cl)s1. The zero-order chi connectivity index (χ0) is 11.5. The Morgan fingerprint density at radius 1 is 1.40 bits per heavy atom. The van der Waals surface area contributed by atoms with Gasteiger partial charge in [0.15, 0.2) is 0 Å². The minimum absolute atomic E-state index is 0.210. The highest BCUT2D eigenvalue weighted by molar-refractivity contribution is 7.16. The maximum Gasteiger partial charge on any atom is 0.0931 e. The number of nitrogens with one attached hydrogen (secondary N) is 1. The van der Waals surface area contributed by atoms with Crippen molar-refractivity contribution in [3.63, 3.8) is 0 Å². The van der Waals surface area contributed by atoms with Crippen LogP contribution in [0.25, 0.3) is 0 Å². The van der Waals surface area contributed by atoms with E-state index >= 15 is 0 Å². The van der Waals surface area contributed by atoms with E-state index in [0.29, 0.717) is 5.92 Å². The van der Waals surface area contributed by atoms with Gasteiger partial charge < -0.3 is 5.32 Å². The van der Waals surface area contributed by atoms with Crippen LogP contribution in [0.1, 0.15) is 32.6 Å². The second kappa shape index (κ2) is 5.33. The minimum Gasteiger partial charge on any atom is -0.312 e. The van der Waals surface area contributed by atoms with E-state index in [2.05, 4.69) is 39.1 Å². The molecule has 0 bridgehead atoms. The summed E-state index contributed by atoms with van der Waals surface area (Å²) in [4.78, 5) is 1.38. The lowest BCUT2D eigenvalue weighted by Crippen LogP contribution is -2.38. The maximum atomic E-state index is 5.90. The summed E-state index contributed by atoms with van der Waals surface area (Å²) in [6.07, 6.45) is 1.11. The van der Waals surface area contributed by atoms with E-state index in [0.717, 1.165) is 17.3 Å². The summed E-state index contributed by atoms with van der Waals surface area (Å²) in [5.41, 5.74) is 0.210. The summed E-state index contributed by atoms with van der Waals surface area (Å²) < 4.78 is 0.890. The van der Waals surface area contributed by atoms with Gasteiger partial charge in [-0.05, 0) is 51.8 Å². The van der Waals surface area contributed by atoms with E-state index in [1.54, 1.807) is 11.3 Å². The van der Waals surface area contributed by atoms with E-state index < -0.39 is 0 Å². The molecule has 1 unspecified atom stereocenters. The Labute approximate surface area is 102 Å². The first kappa shape index (κ1) is 13.0. The quantitative estimate of drug-likeness (QED) is 0.847. The molecule has 0 saturated heterocycles. The molecule has 1 heterocycles. The molecule has 1 N–H and O–H groups in total. The van der Waals surface area contributed by atoms with Crippen molar-refractivity contribution < 1.29 is 0 Å². The molecule has 86 valence electrons. The molecule has 0 amide bonds. The topological polar surface area (TPSA) is 12.0 Å². The Morgan fingerprint density at radius 3 is 2.53 bits per heavy atom. The first-order valence-electron chi connectivity index (χ1n) is 5.36. The second-order valence-corrected chi connectivity index (χ2v) is 6.95. The lowest BCUT2D eigenvalue weighted by molar-refractivity contribution is 0.382. The summed E-state index contributed by atoms with van der Waals surface area (Å²) in [7, 11) is 0. The first-order chi connectivity index (χ1) is 6.87. The molecule has 1 atom stereocenters. The molecule has 0 fully saturated rings. The van der Waals surface area contributed by atoms with Gasteiger partial charge in [-0.25, -0.2) is 0 Å². The molecule has 0 saturated carbocycles. The fourth-order valence-electron chi connectivity index (χ4n) is 1.36.